The van der Waals surface area contributed by atoms with Crippen LogP contribution in [0.1, 0.15) is 41.8 Å². The average molecular weight is 366 g/mol. The lowest BCUT2D eigenvalue weighted by Gasteiger charge is -2.36. The highest BCUT2D eigenvalue weighted by atomic mass is 16.3. The number of nitrogens with zero attached hydrogens (tertiary/aromatic N) is 2. The number of carbonyl (C=O) groups excluding carboxylic acids is 1. The molecule has 1 aromatic heterocycles. The topological polar surface area (TPSA) is 53.8 Å². The van der Waals surface area contributed by atoms with Crippen molar-refractivity contribution in [2.75, 3.05) is 26.2 Å². The van der Waals surface area contributed by atoms with Crippen molar-refractivity contribution < 1.29 is 9.21 Å². The minimum Gasteiger partial charge on any atom is -0.451 e. The van der Waals surface area contributed by atoms with Crippen LogP contribution >= 0.6 is 0 Å². The highest BCUT2D eigenvalue weighted by molar-refractivity contribution is 5.93. The van der Waals surface area contributed by atoms with Crippen LogP contribution < -0.4 is 5.43 Å². The molecule has 5 nitrogen and oxygen atoms in total. The van der Waals surface area contributed by atoms with Crippen molar-refractivity contribution in [3.8, 4) is 0 Å². The van der Waals surface area contributed by atoms with Gasteiger partial charge in [0.05, 0.1) is 5.39 Å². The maximum absolute atomic E-state index is 13.2. The van der Waals surface area contributed by atoms with E-state index in [2.05, 4.69) is 4.90 Å². The molecule has 0 N–H and O–H groups in total. The molecule has 1 aromatic carbocycles. The SMILES string of the molecule is Cc1ccc2c(=O)cc(C(=O)N3C[C@@H]4CC[C@H](C3)N(CC3CC3)C4)oc2c1. The number of amides is 1. The van der Waals surface area contributed by atoms with Crippen LogP contribution in [0.25, 0.3) is 11.0 Å². The lowest BCUT2D eigenvalue weighted by molar-refractivity contribution is 0.0705. The van der Waals surface area contributed by atoms with E-state index >= 15 is 0 Å². The van der Waals surface area contributed by atoms with Gasteiger partial charge >= 0.3 is 0 Å². The van der Waals surface area contributed by atoms with Crippen molar-refractivity contribution in [2.24, 2.45) is 11.8 Å². The Kier molecular flexibility index (Phi) is 4.08. The maximum atomic E-state index is 13.2. The molecule has 27 heavy (non-hydrogen) atoms. The van der Waals surface area contributed by atoms with E-state index in [-0.39, 0.29) is 17.1 Å². The lowest BCUT2D eigenvalue weighted by atomic mass is 9.95. The molecule has 4 fully saturated rings. The molecule has 6 rings (SSSR count). The Morgan fingerprint density at radius 2 is 1.96 bits per heavy atom. The van der Waals surface area contributed by atoms with Gasteiger partial charge in [-0.15, -0.1) is 0 Å². The molecular formula is C22H26N2O3. The number of benzene rings is 1. The van der Waals surface area contributed by atoms with Gasteiger partial charge in [0.25, 0.3) is 5.91 Å². The second-order valence-electron chi connectivity index (χ2n) is 8.68. The number of fused-ring (bicyclic) bond motifs is 5. The monoisotopic (exact) mass is 366 g/mol. The van der Waals surface area contributed by atoms with E-state index < -0.39 is 0 Å². The summed E-state index contributed by atoms with van der Waals surface area (Å²) in [6, 6.07) is 7.31. The minimum absolute atomic E-state index is 0.138. The van der Waals surface area contributed by atoms with Crippen molar-refractivity contribution in [3.63, 3.8) is 0 Å². The molecule has 4 aliphatic rings. The number of hydrogen-bond acceptors (Lipinski definition) is 4. The largest absolute Gasteiger partial charge is 0.451 e. The molecule has 3 aliphatic heterocycles. The first-order valence-corrected chi connectivity index (χ1v) is 10.1. The van der Waals surface area contributed by atoms with Gasteiger partial charge < -0.3 is 9.32 Å². The van der Waals surface area contributed by atoms with Gasteiger partial charge in [-0.05, 0) is 62.1 Å². The second-order valence-corrected chi connectivity index (χ2v) is 8.68. The minimum atomic E-state index is -0.146. The van der Waals surface area contributed by atoms with Crippen LogP contribution in [-0.4, -0.2) is 47.9 Å². The van der Waals surface area contributed by atoms with E-state index in [0.717, 1.165) is 31.1 Å². The molecule has 2 aromatic rings. The van der Waals surface area contributed by atoms with Crippen molar-refractivity contribution >= 4 is 16.9 Å². The van der Waals surface area contributed by atoms with Gasteiger partial charge in [-0.3, -0.25) is 14.5 Å². The predicted octanol–water partition coefficient (Wildman–Crippen LogP) is 3.05. The molecule has 1 aliphatic carbocycles. The zero-order valence-electron chi connectivity index (χ0n) is 15.8. The van der Waals surface area contributed by atoms with Crippen LogP contribution in [0.4, 0.5) is 0 Å². The van der Waals surface area contributed by atoms with Crippen molar-refractivity contribution in [3.05, 3.63) is 45.8 Å². The Balaban J connectivity index is 1.42. The third-order valence-electron chi connectivity index (χ3n) is 6.40. The standard InChI is InChI=1S/C22H26N2O3/c1-14-2-7-18-19(25)9-21(27-20(18)8-14)22(26)24-12-16-5-6-17(13-24)23(11-16)10-15-3-4-15/h2,7-9,15-17H,3-6,10-13H2,1H3/t16-,17-/m1/s1. The number of aryl methyl sites for hydroxylation is 1. The number of rotatable bonds is 3. The fourth-order valence-corrected chi connectivity index (χ4v) is 4.72. The Morgan fingerprint density at radius 3 is 2.78 bits per heavy atom. The zero-order chi connectivity index (χ0) is 18.5. The molecule has 0 radical (unpaired) electrons. The van der Waals surface area contributed by atoms with Gasteiger partial charge in [-0.2, -0.15) is 0 Å². The lowest BCUT2D eigenvalue weighted by Crippen LogP contribution is -2.45. The molecule has 142 valence electrons. The van der Waals surface area contributed by atoms with E-state index in [1.807, 2.05) is 24.0 Å². The summed E-state index contributed by atoms with van der Waals surface area (Å²) >= 11 is 0. The zero-order valence-corrected chi connectivity index (χ0v) is 15.8. The van der Waals surface area contributed by atoms with E-state index in [4.69, 9.17) is 4.42 Å². The van der Waals surface area contributed by atoms with Crippen LogP contribution in [0, 0.1) is 18.8 Å². The molecule has 2 atom stereocenters. The normalized spacial score (nSPS) is 25.7. The molecular weight excluding hydrogens is 340 g/mol. The summed E-state index contributed by atoms with van der Waals surface area (Å²) < 4.78 is 5.87. The number of piperidine rings is 1. The molecule has 1 amide bonds. The van der Waals surface area contributed by atoms with Crippen molar-refractivity contribution in [1.82, 2.24) is 9.80 Å². The van der Waals surface area contributed by atoms with Crippen molar-refractivity contribution in [2.45, 2.75) is 38.6 Å². The summed E-state index contributed by atoms with van der Waals surface area (Å²) in [7, 11) is 0. The molecule has 4 heterocycles. The van der Waals surface area contributed by atoms with Crippen LogP contribution in [0.2, 0.25) is 0 Å². The molecule has 0 unspecified atom stereocenters. The first-order valence-electron chi connectivity index (χ1n) is 10.1. The molecule has 1 saturated carbocycles. The van der Waals surface area contributed by atoms with Gasteiger partial charge in [0.1, 0.15) is 5.58 Å². The summed E-state index contributed by atoms with van der Waals surface area (Å²) in [4.78, 5) is 30.2. The van der Waals surface area contributed by atoms with Gasteiger partial charge in [0, 0.05) is 38.3 Å². The third-order valence-corrected chi connectivity index (χ3v) is 6.40. The maximum Gasteiger partial charge on any atom is 0.289 e. The van der Waals surface area contributed by atoms with Crippen LogP contribution in [0.15, 0.2) is 33.5 Å². The quantitative estimate of drug-likeness (QED) is 0.838. The highest BCUT2D eigenvalue weighted by Gasteiger charge is 2.39. The fraction of sp³-hybridized carbons (Fsp3) is 0.545. The molecule has 0 spiro atoms. The van der Waals surface area contributed by atoms with Gasteiger partial charge in [-0.1, -0.05) is 6.07 Å². The van der Waals surface area contributed by atoms with E-state index in [0.29, 0.717) is 22.9 Å². The summed E-state index contributed by atoms with van der Waals surface area (Å²) in [5, 5.41) is 0.531. The summed E-state index contributed by atoms with van der Waals surface area (Å²) in [5.41, 5.74) is 1.37. The summed E-state index contributed by atoms with van der Waals surface area (Å²) in [6.07, 6.45) is 5.08. The highest BCUT2D eigenvalue weighted by Crippen LogP contribution is 2.35. The van der Waals surface area contributed by atoms with Crippen LogP contribution in [0.3, 0.4) is 0 Å². The van der Waals surface area contributed by atoms with Crippen molar-refractivity contribution in [1.29, 1.82) is 0 Å². The van der Waals surface area contributed by atoms with Gasteiger partial charge in [0.2, 0.25) is 0 Å². The average Bonchev–Trinajstić information content (AvgIpc) is 3.48. The predicted molar refractivity (Wildman–Crippen MR) is 104 cm³/mol. The first-order chi connectivity index (χ1) is 13.1. The number of hydrogen-bond donors (Lipinski definition) is 0. The molecule has 5 heteroatoms. The van der Waals surface area contributed by atoms with E-state index in [1.165, 1.54) is 38.3 Å². The first kappa shape index (κ1) is 17.0. The summed E-state index contributed by atoms with van der Waals surface area (Å²) in [6.45, 7) is 5.76. The Hall–Kier alpha value is -2.14. The van der Waals surface area contributed by atoms with E-state index in [9.17, 15) is 9.59 Å². The number of carbonyl (C=O) groups is 1. The Labute approximate surface area is 158 Å². The van der Waals surface area contributed by atoms with E-state index in [1.54, 1.807) is 6.07 Å². The molecule has 2 bridgehead atoms. The fourth-order valence-electron chi connectivity index (χ4n) is 4.72. The van der Waals surface area contributed by atoms with Gasteiger partial charge in [0.15, 0.2) is 11.2 Å². The smallest absolute Gasteiger partial charge is 0.289 e. The van der Waals surface area contributed by atoms with Crippen LogP contribution in [-0.2, 0) is 0 Å². The third kappa shape index (κ3) is 3.29. The molecule has 3 saturated heterocycles. The Morgan fingerprint density at radius 1 is 1.11 bits per heavy atom. The Bertz CT molecular complexity index is 946. The van der Waals surface area contributed by atoms with Crippen LogP contribution in [0.5, 0.6) is 0 Å². The van der Waals surface area contributed by atoms with Gasteiger partial charge in [-0.25, -0.2) is 0 Å². The second kappa shape index (κ2) is 6.48. The summed E-state index contributed by atoms with van der Waals surface area (Å²) in [5.74, 6) is 1.44.